The summed E-state index contributed by atoms with van der Waals surface area (Å²) < 4.78 is 11.5. The predicted octanol–water partition coefficient (Wildman–Crippen LogP) is 4.01. The Hall–Kier alpha value is -3.59. The number of carbonyl (C=O) groups excluding carboxylic acids is 3. The summed E-state index contributed by atoms with van der Waals surface area (Å²) in [5.74, 6) is -0.0650. The Bertz CT molecular complexity index is 1120. The van der Waals surface area contributed by atoms with Crippen LogP contribution in [0.2, 0.25) is 0 Å². The van der Waals surface area contributed by atoms with Crippen molar-refractivity contribution < 1.29 is 23.9 Å². The van der Waals surface area contributed by atoms with Crippen LogP contribution in [-0.4, -0.2) is 78.6 Å². The SMILES string of the molecule is CC(C)CC(NC(=O)N1CCN(C)CC1)C(=O)NC(Cc1ccc(OCc2ccccc2)cc1)C(=O)OC(C)(C)C. The minimum absolute atomic E-state index is 0.155. The van der Waals surface area contributed by atoms with Crippen molar-refractivity contribution in [3.63, 3.8) is 0 Å². The summed E-state index contributed by atoms with van der Waals surface area (Å²) in [6.45, 7) is 12.6. The number of carbonyl (C=O) groups is 3. The van der Waals surface area contributed by atoms with E-state index in [4.69, 9.17) is 9.47 Å². The first-order chi connectivity index (χ1) is 19.4. The number of urea groups is 1. The van der Waals surface area contributed by atoms with Gasteiger partial charge in [0.25, 0.3) is 0 Å². The summed E-state index contributed by atoms with van der Waals surface area (Å²) in [7, 11) is 2.02. The fourth-order valence-corrected chi connectivity index (χ4v) is 4.49. The first-order valence-electron chi connectivity index (χ1n) is 14.4. The van der Waals surface area contributed by atoms with Gasteiger partial charge in [0.2, 0.25) is 5.91 Å². The van der Waals surface area contributed by atoms with Crippen molar-refractivity contribution in [2.24, 2.45) is 5.92 Å². The van der Waals surface area contributed by atoms with E-state index < -0.39 is 29.6 Å². The maximum atomic E-state index is 13.5. The molecule has 2 unspecified atom stereocenters. The molecule has 0 spiro atoms. The lowest BCUT2D eigenvalue weighted by Crippen LogP contribution is -2.57. The molecule has 1 fully saturated rings. The van der Waals surface area contributed by atoms with Crippen molar-refractivity contribution in [2.45, 2.75) is 71.8 Å². The van der Waals surface area contributed by atoms with E-state index in [1.807, 2.05) is 75.5 Å². The Morgan fingerprint density at radius 3 is 2.07 bits per heavy atom. The Labute approximate surface area is 244 Å². The minimum Gasteiger partial charge on any atom is -0.489 e. The molecule has 2 atom stereocenters. The zero-order chi connectivity index (χ0) is 30.0. The van der Waals surface area contributed by atoms with Gasteiger partial charge in [-0.05, 0) is 63.4 Å². The van der Waals surface area contributed by atoms with Crippen LogP contribution in [0.1, 0.15) is 52.2 Å². The van der Waals surface area contributed by atoms with Crippen LogP contribution >= 0.6 is 0 Å². The Kier molecular flexibility index (Phi) is 11.6. The zero-order valence-corrected chi connectivity index (χ0v) is 25.3. The molecule has 2 N–H and O–H groups in total. The highest BCUT2D eigenvalue weighted by Gasteiger charge is 2.31. The number of hydrogen-bond donors (Lipinski definition) is 2. The summed E-state index contributed by atoms with van der Waals surface area (Å²) in [6.07, 6.45) is 0.681. The first-order valence-corrected chi connectivity index (χ1v) is 14.4. The maximum Gasteiger partial charge on any atom is 0.329 e. The van der Waals surface area contributed by atoms with Crippen molar-refractivity contribution in [1.82, 2.24) is 20.4 Å². The molecule has 224 valence electrons. The number of piperazine rings is 1. The standard InChI is InChI=1S/C32H46N4O5/c1-23(2)20-27(34-31(39)36-18-16-35(6)17-19-36)29(37)33-28(30(38)41-32(3,4)5)21-24-12-14-26(15-13-24)40-22-25-10-8-7-9-11-25/h7-15,23,27-28H,16-22H2,1-6H3,(H,33,37)(H,34,39). The van der Waals surface area contributed by atoms with Gasteiger partial charge in [-0.2, -0.15) is 0 Å². The third-order valence-corrected chi connectivity index (χ3v) is 6.73. The van der Waals surface area contributed by atoms with Crippen LogP contribution < -0.4 is 15.4 Å². The summed E-state index contributed by atoms with van der Waals surface area (Å²) in [5, 5.41) is 5.80. The first kappa shape index (κ1) is 31.9. The van der Waals surface area contributed by atoms with E-state index >= 15 is 0 Å². The summed E-state index contributed by atoms with van der Waals surface area (Å²) in [5.41, 5.74) is 1.19. The molecule has 3 rings (SSSR count). The van der Waals surface area contributed by atoms with E-state index in [1.54, 1.807) is 25.7 Å². The van der Waals surface area contributed by atoms with Crippen molar-refractivity contribution in [3.8, 4) is 5.75 Å². The smallest absolute Gasteiger partial charge is 0.329 e. The molecule has 2 aromatic rings. The molecular weight excluding hydrogens is 520 g/mol. The molecule has 1 aliphatic rings. The lowest BCUT2D eigenvalue weighted by molar-refractivity contribution is -0.158. The van der Waals surface area contributed by atoms with Crippen LogP contribution in [0.15, 0.2) is 54.6 Å². The third-order valence-electron chi connectivity index (χ3n) is 6.73. The zero-order valence-electron chi connectivity index (χ0n) is 25.3. The fourth-order valence-electron chi connectivity index (χ4n) is 4.49. The number of amides is 3. The molecular formula is C32H46N4O5. The van der Waals surface area contributed by atoms with Gasteiger partial charge in [-0.25, -0.2) is 9.59 Å². The summed E-state index contributed by atoms with van der Waals surface area (Å²) in [4.78, 5) is 43.6. The molecule has 0 aliphatic carbocycles. The second-order valence-corrected chi connectivity index (χ2v) is 12.1. The molecule has 1 saturated heterocycles. The van der Waals surface area contributed by atoms with E-state index in [0.717, 1.165) is 24.2 Å². The largest absolute Gasteiger partial charge is 0.489 e. The van der Waals surface area contributed by atoms with Crippen LogP contribution in [0.3, 0.4) is 0 Å². The van der Waals surface area contributed by atoms with Gasteiger partial charge in [0.15, 0.2) is 0 Å². The van der Waals surface area contributed by atoms with E-state index in [-0.39, 0.29) is 18.4 Å². The van der Waals surface area contributed by atoms with Crippen LogP contribution in [0.25, 0.3) is 0 Å². The highest BCUT2D eigenvalue weighted by molar-refractivity contribution is 5.90. The highest BCUT2D eigenvalue weighted by atomic mass is 16.6. The minimum atomic E-state index is -0.923. The van der Waals surface area contributed by atoms with Gasteiger partial charge >= 0.3 is 12.0 Å². The van der Waals surface area contributed by atoms with Gasteiger partial charge in [0, 0.05) is 32.6 Å². The summed E-state index contributed by atoms with van der Waals surface area (Å²) >= 11 is 0. The van der Waals surface area contributed by atoms with Crippen molar-refractivity contribution in [2.75, 3.05) is 33.2 Å². The van der Waals surface area contributed by atoms with Crippen LogP contribution in [0, 0.1) is 5.92 Å². The maximum absolute atomic E-state index is 13.5. The van der Waals surface area contributed by atoms with Gasteiger partial charge in [-0.15, -0.1) is 0 Å². The molecule has 0 bridgehead atoms. The lowest BCUT2D eigenvalue weighted by Gasteiger charge is -2.34. The summed E-state index contributed by atoms with van der Waals surface area (Å²) in [6, 6.07) is 15.4. The van der Waals surface area contributed by atoms with E-state index in [2.05, 4.69) is 15.5 Å². The monoisotopic (exact) mass is 566 g/mol. The number of likely N-dealkylation sites (N-methyl/N-ethyl adjacent to an activating group) is 1. The molecule has 9 nitrogen and oxygen atoms in total. The molecule has 0 aromatic heterocycles. The van der Waals surface area contributed by atoms with Crippen LogP contribution in [0.5, 0.6) is 5.75 Å². The van der Waals surface area contributed by atoms with Crippen LogP contribution in [-0.2, 0) is 27.4 Å². The van der Waals surface area contributed by atoms with E-state index in [1.165, 1.54) is 0 Å². The predicted molar refractivity (Wildman–Crippen MR) is 160 cm³/mol. The molecule has 41 heavy (non-hydrogen) atoms. The van der Waals surface area contributed by atoms with Gasteiger partial charge < -0.3 is 29.9 Å². The molecule has 1 aliphatic heterocycles. The third kappa shape index (κ3) is 11.1. The number of hydrogen-bond acceptors (Lipinski definition) is 6. The molecule has 9 heteroatoms. The number of benzene rings is 2. The molecule has 0 saturated carbocycles. The Balaban J connectivity index is 1.69. The fraction of sp³-hybridized carbons (Fsp3) is 0.531. The van der Waals surface area contributed by atoms with Gasteiger partial charge in [0.1, 0.15) is 30.0 Å². The lowest BCUT2D eigenvalue weighted by atomic mass is 10.0. The Morgan fingerprint density at radius 2 is 1.49 bits per heavy atom. The van der Waals surface area contributed by atoms with Crippen molar-refractivity contribution in [1.29, 1.82) is 0 Å². The van der Waals surface area contributed by atoms with Crippen molar-refractivity contribution in [3.05, 3.63) is 65.7 Å². The van der Waals surface area contributed by atoms with Gasteiger partial charge in [0.05, 0.1) is 0 Å². The van der Waals surface area contributed by atoms with Gasteiger partial charge in [-0.3, -0.25) is 4.79 Å². The Morgan fingerprint density at radius 1 is 0.854 bits per heavy atom. The number of rotatable bonds is 11. The molecule has 2 aromatic carbocycles. The quantitative estimate of drug-likeness (QED) is 0.399. The number of nitrogens with zero attached hydrogens (tertiary/aromatic N) is 2. The topological polar surface area (TPSA) is 100 Å². The average Bonchev–Trinajstić information content (AvgIpc) is 2.91. The molecule has 0 radical (unpaired) electrons. The van der Waals surface area contributed by atoms with Gasteiger partial charge in [-0.1, -0.05) is 56.3 Å². The molecule has 3 amide bonds. The number of esters is 1. The second-order valence-electron chi connectivity index (χ2n) is 12.1. The van der Waals surface area contributed by atoms with E-state index in [9.17, 15) is 14.4 Å². The number of nitrogens with one attached hydrogen (secondary N) is 2. The second kappa shape index (κ2) is 14.9. The van der Waals surface area contributed by atoms with Crippen molar-refractivity contribution >= 4 is 17.9 Å². The highest BCUT2D eigenvalue weighted by Crippen LogP contribution is 2.17. The molecule has 1 heterocycles. The normalized spacial score (nSPS) is 15.6. The number of ether oxygens (including phenoxy) is 2. The van der Waals surface area contributed by atoms with Crippen LogP contribution in [0.4, 0.5) is 4.79 Å². The average molecular weight is 567 g/mol. The van der Waals surface area contributed by atoms with E-state index in [0.29, 0.717) is 31.9 Å².